The van der Waals surface area contributed by atoms with Gasteiger partial charge in [0.25, 0.3) is 0 Å². The Kier molecular flexibility index (Phi) is 3.70. The Bertz CT molecular complexity index is 332. The number of amides is 2. The van der Waals surface area contributed by atoms with Crippen molar-refractivity contribution >= 4 is 6.03 Å². The Balaban J connectivity index is 1.41. The van der Waals surface area contributed by atoms with Crippen molar-refractivity contribution in [3.05, 3.63) is 0 Å². The molecule has 0 atom stereocenters. The first-order valence-electron chi connectivity index (χ1n) is 7.99. The lowest BCUT2D eigenvalue weighted by Gasteiger charge is -2.33. The van der Waals surface area contributed by atoms with Gasteiger partial charge in [-0.25, -0.2) is 4.79 Å². The molecule has 0 aromatic rings. The highest BCUT2D eigenvalue weighted by Gasteiger charge is 2.48. The maximum Gasteiger partial charge on any atom is 0.317 e. The van der Waals surface area contributed by atoms with Gasteiger partial charge in [-0.3, -0.25) is 0 Å². The van der Waals surface area contributed by atoms with Crippen LogP contribution in [0, 0.1) is 5.41 Å². The van der Waals surface area contributed by atoms with Crippen molar-refractivity contribution < 1.29 is 4.79 Å². The summed E-state index contributed by atoms with van der Waals surface area (Å²) >= 11 is 0. The van der Waals surface area contributed by atoms with Crippen molar-refractivity contribution in [2.45, 2.75) is 51.5 Å². The van der Waals surface area contributed by atoms with E-state index in [1.165, 1.54) is 32.2 Å². The summed E-state index contributed by atoms with van der Waals surface area (Å²) in [4.78, 5) is 16.8. The fourth-order valence-corrected chi connectivity index (χ4v) is 3.58. The van der Waals surface area contributed by atoms with Crippen LogP contribution in [-0.2, 0) is 0 Å². The van der Waals surface area contributed by atoms with Crippen molar-refractivity contribution in [3.8, 4) is 0 Å². The molecule has 2 heterocycles. The molecule has 4 nitrogen and oxygen atoms in total. The molecule has 0 unspecified atom stereocenters. The highest BCUT2D eigenvalue weighted by molar-refractivity contribution is 5.75. The van der Waals surface area contributed by atoms with Gasteiger partial charge in [-0.2, -0.15) is 0 Å². The number of carbonyl (C=O) groups is 1. The molecule has 108 valence electrons. The van der Waals surface area contributed by atoms with Crippen molar-refractivity contribution in [2.75, 3.05) is 32.7 Å². The van der Waals surface area contributed by atoms with Gasteiger partial charge < -0.3 is 15.1 Å². The number of urea groups is 1. The molecule has 0 bridgehead atoms. The van der Waals surface area contributed by atoms with Gasteiger partial charge in [0.15, 0.2) is 0 Å². The van der Waals surface area contributed by atoms with Crippen LogP contribution < -0.4 is 5.32 Å². The van der Waals surface area contributed by atoms with Gasteiger partial charge in [0.05, 0.1) is 0 Å². The Hall–Kier alpha value is -0.770. The quantitative estimate of drug-likeness (QED) is 0.848. The molecule has 3 rings (SSSR count). The van der Waals surface area contributed by atoms with Crippen LogP contribution in [0.4, 0.5) is 4.79 Å². The molecule has 1 spiro atoms. The van der Waals surface area contributed by atoms with E-state index in [4.69, 9.17) is 0 Å². The van der Waals surface area contributed by atoms with E-state index in [1.54, 1.807) is 0 Å². The molecular weight excluding hydrogens is 238 g/mol. The van der Waals surface area contributed by atoms with Crippen LogP contribution >= 0.6 is 0 Å². The number of carbonyl (C=O) groups excluding carboxylic acids is 1. The fraction of sp³-hybridized carbons (Fsp3) is 0.933. The molecule has 2 saturated heterocycles. The minimum Gasteiger partial charge on any atom is -0.335 e. The Morgan fingerprint density at radius 2 is 1.95 bits per heavy atom. The van der Waals surface area contributed by atoms with E-state index in [1.807, 2.05) is 4.90 Å². The van der Waals surface area contributed by atoms with Crippen molar-refractivity contribution in [1.82, 2.24) is 15.1 Å². The summed E-state index contributed by atoms with van der Waals surface area (Å²) in [6, 6.07) is 0.592. The first-order valence-corrected chi connectivity index (χ1v) is 7.99. The summed E-state index contributed by atoms with van der Waals surface area (Å²) in [7, 11) is 0. The van der Waals surface area contributed by atoms with E-state index in [9.17, 15) is 4.79 Å². The summed E-state index contributed by atoms with van der Waals surface area (Å²) in [5, 5.41) is 3.25. The summed E-state index contributed by atoms with van der Waals surface area (Å²) < 4.78 is 0. The van der Waals surface area contributed by atoms with Crippen molar-refractivity contribution in [2.24, 2.45) is 5.41 Å². The molecule has 0 aromatic carbocycles. The molecule has 1 aliphatic carbocycles. The molecule has 2 amide bonds. The first-order chi connectivity index (χ1) is 9.21. The summed E-state index contributed by atoms with van der Waals surface area (Å²) in [6.45, 7) is 7.70. The zero-order valence-corrected chi connectivity index (χ0v) is 12.2. The highest BCUT2D eigenvalue weighted by atomic mass is 16.2. The third-order valence-electron chi connectivity index (χ3n) is 5.14. The maximum absolute atomic E-state index is 12.2. The average molecular weight is 265 g/mol. The number of hydrogen-bond acceptors (Lipinski definition) is 2. The minimum atomic E-state index is 0.192. The van der Waals surface area contributed by atoms with E-state index < -0.39 is 0 Å². The maximum atomic E-state index is 12.2. The minimum absolute atomic E-state index is 0.192. The molecule has 4 heteroatoms. The second kappa shape index (κ2) is 5.31. The SMILES string of the molecule is CCCN1CCC(NC(=O)N2CCC3(CC3)C2)CC1. The Morgan fingerprint density at radius 3 is 2.53 bits per heavy atom. The lowest BCUT2D eigenvalue weighted by atomic mass is 10.1. The van der Waals surface area contributed by atoms with E-state index >= 15 is 0 Å². The van der Waals surface area contributed by atoms with E-state index in [0.29, 0.717) is 11.5 Å². The third kappa shape index (κ3) is 3.04. The van der Waals surface area contributed by atoms with Gasteiger partial charge in [-0.15, -0.1) is 0 Å². The largest absolute Gasteiger partial charge is 0.335 e. The molecule has 0 radical (unpaired) electrons. The van der Waals surface area contributed by atoms with Crippen LogP contribution in [0.5, 0.6) is 0 Å². The summed E-state index contributed by atoms with van der Waals surface area (Å²) in [5.74, 6) is 0. The molecule has 3 fully saturated rings. The lowest BCUT2D eigenvalue weighted by Crippen LogP contribution is -2.48. The molecule has 0 aromatic heterocycles. The number of rotatable bonds is 3. The summed E-state index contributed by atoms with van der Waals surface area (Å²) in [6.07, 6.45) is 7.37. The van der Waals surface area contributed by atoms with Gasteiger partial charge in [-0.05, 0) is 50.5 Å². The highest BCUT2D eigenvalue weighted by Crippen LogP contribution is 2.52. The van der Waals surface area contributed by atoms with Crippen LogP contribution in [-0.4, -0.2) is 54.6 Å². The Labute approximate surface area is 116 Å². The Morgan fingerprint density at radius 1 is 1.21 bits per heavy atom. The topological polar surface area (TPSA) is 35.6 Å². The van der Waals surface area contributed by atoms with Crippen molar-refractivity contribution in [3.63, 3.8) is 0 Å². The van der Waals surface area contributed by atoms with Gasteiger partial charge in [0.1, 0.15) is 0 Å². The zero-order chi connectivity index (χ0) is 13.3. The van der Waals surface area contributed by atoms with E-state index in [2.05, 4.69) is 17.1 Å². The smallest absolute Gasteiger partial charge is 0.317 e. The van der Waals surface area contributed by atoms with Crippen molar-refractivity contribution in [1.29, 1.82) is 0 Å². The normalized spacial score (nSPS) is 26.9. The number of nitrogens with one attached hydrogen (secondary N) is 1. The molecule has 1 N–H and O–H groups in total. The van der Waals surface area contributed by atoms with Crippen LogP contribution in [0.3, 0.4) is 0 Å². The number of nitrogens with zero attached hydrogens (tertiary/aromatic N) is 2. The van der Waals surface area contributed by atoms with Crippen LogP contribution in [0.25, 0.3) is 0 Å². The van der Waals surface area contributed by atoms with Gasteiger partial charge in [0, 0.05) is 32.2 Å². The van der Waals surface area contributed by atoms with Crippen LogP contribution in [0.1, 0.15) is 45.4 Å². The first kappa shape index (κ1) is 13.2. The van der Waals surface area contributed by atoms with Crippen LogP contribution in [0.15, 0.2) is 0 Å². The predicted molar refractivity (Wildman–Crippen MR) is 76.1 cm³/mol. The second-order valence-corrected chi connectivity index (χ2v) is 6.74. The zero-order valence-electron chi connectivity index (χ0n) is 12.2. The lowest BCUT2D eigenvalue weighted by molar-refractivity contribution is 0.177. The average Bonchev–Trinajstić information content (AvgIpc) is 3.02. The fourth-order valence-electron chi connectivity index (χ4n) is 3.58. The molecule has 3 aliphatic rings. The summed E-state index contributed by atoms with van der Waals surface area (Å²) in [5.41, 5.74) is 0.543. The van der Waals surface area contributed by atoms with Gasteiger partial charge in [0.2, 0.25) is 0 Å². The van der Waals surface area contributed by atoms with E-state index in [-0.39, 0.29) is 6.03 Å². The predicted octanol–water partition coefficient (Wildman–Crippen LogP) is 2.06. The van der Waals surface area contributed by atoms with Gasteiger partial charge >= 0.3 is 6.03 Å². The number of hydrogen-bond donors (Lipinski definition) is 1. The second-order valence-electron chi connectivity index (χ2n) is 6.74. The monoisotopic (exact) mass is 265 g/mol. The van der Waals surface area contributed by atoms with Gasteiger partial charge in [-0.1, -0.05) is 6.92 Å². The number of piperidine rings is 1. The molecule has 2 aliphatic heterocycles. The van der Waals surface area contributed by atoms with Crippen LogP contribution in [0.2, 0.25) is 0 Å². The molecule has 19 heavy (non-hydrogen) atoms. The third-order valence-corrected chi connectivity index (χ3v) is 5.14. The van der Waals surface area contributed by atoms with E-state index in [0.717, 1.165) is 39.0 Å². The number of likely N-dealkylation sites (tertiary alicyclic amines) is 2. The molecule has 1 saturated carbocycles. The standard InChI is InChI=1S/C15H27N3O/c1-2-8-17-9-3-13(4-10-17)16-14(19)18-11-7-15(12-18)5-6-15/h13H,2-12H2,1H3,(H,16,19). The molecular formula is C15H27N3O.